The van der Waals surface area contributed by atoms with E-state index in [2.05, 4.69) is 164 Å². The lowest BCUT2D eigenvalue weighted by Crippen LogP contribution is -2.17. The molecule has 0 spiro atoms. The molecule has 0 fully saturated rings. The van der Waals surface area contributed by atoms with E-state index in [0.29, 0.717) is 0 Å². The molecular weight excluding hydrogens is 484 g/mol. The average Bonchev–Trinajstić information content (AvgIpc) is 3.22. The van der Waals surface area contributed by atoms with Gasteiger partial charge in [0.25, 0.3) is 0 Å². The Balaban J connectivity index is 1.32. The van der Waals surface area contributed by atoms with Gasteiger partial charge in [-0.2, -0.15) is 0 Å². The topological polar surface area (TPSA) is 15.3 Å². The van der Waals surface area contributed by atoms with Crippen molar-refractivity contribution in [2.75, 3.05) is 10.2 Å². The lowest BCUT2D eigenvalue weighted by atomic mass is 9.81. The SMILES string of the molecule is Cc1ccc(N(c2ccccc2)c2cccc(Nc3cccc4c3C(C)(C)c3ccc5ccccc5c3-4)c2)cc1. The van der Waals surface area contributed by atoms with E-state index in [1.165, 1.54) is 38.6 Å². The number of fused-ring (bicyclic) bond motifs is 5. The Morgan fingerprint density at radius 2 is 1.30 bits per heavy atom. The lowest BCUT2D eigenvalue weighted by Gasteiger charge is -2.27. The second kappa shape index (κ2) is 9.43. The number of para-hydroxylation sites is 1. The van der Waals surface area contributed by atoms with E-state index in [9.17, 15) is 0 Å². The number of hydrogen-bond donors (Lipinski definition) is 1. The van der Waals surface area contributed by atoms with Crippen molar-refractivity contribution in [2.45, 2.75) is 26.2 Å². The summed E-state index contributed by atoms with van der Waals surface area (Å²) in [4.78, 5) is 2.31. The number of nitrogens with zero attached hydrogens (tertiary/aromatic N) is 1. The molecule has 1 aliphatic carbocycles. The van der Waals surface area contributed by atoms with Gasteiger partial charge in [-0.05, 0) is 88.5 Å². The van der Waals surface area contributed by atoms with Crippen LogP contribution in [0.15, 0.2) is 133 Å². The van der Waals surface area contributed by atoms with Crippen LogP contribution in [0, 0.1) is 6.92 Å². The summed E-state index contributed by atoms with van der Waals surface area (Å²) < 4.78 is 0. The molecule has 1 N–H and O–H groups in total. The Morgan fingerprint density at radius 3 is 2.12 bits per heavy atom. The van der Waals surface area contributed by atoms with Gasteiger partial charge in [-0.3, -0.25) is 0 Å². The molecule has 194 valence electrons. The number of aryl methyl sites for hydroxylation is 1. The van der Waals surface area contributed by atoms with Crippen molar-refractivity contribution in [2.24, 2.45) is 0 Å². The van der Waals surface area contributed by atoms with E-state index >= 15 is 0 Å². The first kappa shape index (κ1) is 24.2. The molecule has 0 atom stereocenters. The fraction of sp³-hybridized carbons (Fsp3) is 0.105. The van der Waals surface area contributed by atoms with Gasteiger partial charge >= 0.3 is 0 Å². The molecule has 0 saturated heterocycles. The molecule has 2 nitrogen and oxygen atoms in total. The normalized spacial score (nSPS) is 13.1. The molecule has 6 aromatic rings. The highest BCUT2D eigenvalue weighted by Crippen LogP contribution is 2.54. The maximum atomic E-state index is 3.82. The number of anilines is 5. The lowest BCUT2D eigenvalue weighted by molar-refractivity contribution is 0.663. The molecule has 2 heteroatoms. The summed E-state index contributed by atoms with van der Waals surface area (Å²) in [5.74, 6) is 0. The van der Waals surface area contributed by atoms with Crippen molar-refractivity contribution < 1.29 is 0 Å². The van der Waals surface area contributed by atoms with Gasteiger partial charge in [0.15, 0.2) is 0 Å². The minimum Gasteiger partial charge on any atom is -0.355 e. The van der Waals surface area contributed by atoms with E-state index in [1.807, 2.05) is 0 Å². The molecular formula is C38H32N2. The zero-order valence-corrected chi connectivity index (χ0v) is 23.1. The third-order valence-electron chi connectivity index (χ3n) is 8.25. The smallest absolute Gasteiger partial charge is 0.0482 e. The molecule has 0 unspecified atom stereocenters. The minimum absolute atomic E-state index is 0.117. The molecule has 0 saturated carbocycles. The fourth-order valence-corrected chi connectivity index (χ4v) is 6.35. The van der Waals surface area contributed by atoms with Crippen LogP contribution in [0.5, 0.6) is 0 Å². The number of nitrogens with one attached hydrogen (secondary N) is 1. The van der Waals surface area contributed by atoms with Gasteiger partial charge < -0.3 is 10.2 Å². The first-order valence-corrected chi connectivity index (χ1v) is 14.0. The summed E-state index contributed by atoms with van der Waals surface area (Å²) in [6, 6.07) is 48.0. The van der Waals surface area contributed by atoms with Crippen LogP contribution in [0.1, 0.15) is 30.5 Å². The molecule has 7 rings (SSSR count). The third kappa shape index (κ3) is 3.96. The summed E-state index contributed by atoms with van der Waals surface area (Å²) in [6.07, 6.45) is 0. The molecule has 0 heterocycles. The highest BCUT2D eigenvalue weighted by Gasteiger charge is 2.38. The van der Waals surface area contributed by atoms with Gasteiger partial charge in [-0.15, -0.1) is 0 Å². The maximum Gasteiger partial charge on any atom is 0.0482 e. The van der Waals surface area contributed by atoms with E-state index < -0.39 is 0 Å². The van der Waals surface area contributed by atoms with Crippen molar-refractivity contribution in [3.8, 4) is 11.1 Å². The monoisotopic (exact) mass is 516 g/mol. The molecule has 0 bridgehead atoms. The van der Waals surface area contributed by atoms with Crippen LogP contribution < -0.4 is 10.2 Å². The van der Waals surface area contributed by atoms with Crippen LogP contribution in [-0.4, -0.2) is 0 Å². The van der Waals surface area contributed by atoms with Crippen LogP contribution >= 0.6 is 0 Å². The van der Waals surface area contributed by atoms with Crippen molar-refractivity contribution in [1.29, 1.82) is 0 Å². The van der Waals surface area contributed by atoms with Crippen LogP contribution in [0.4, 0.5) is 28.4 Å². The first-order valence-electron chi connectivity index (χ1n) is 14.0. The highest BCUT2D eigenvalue weighted by atomic mass is 15.1. The van der Waals surface area contributed by atoms with Gasteiger partial charge in [0.2, 0.25) is 0 Å². The van der Waals surface area contributed by atoms with Crippen LogP contribution in [-0.2, 0) is 5.41 Å². The first-order chi connectivity index (χ1) is 19.5. The van der Waals surface area contributed by atoms with Crippen molar-refractivity contribution >= 4 is 39.2 Å². The van der Waals surface area contributed by atoms with Gasteiger partial charge in [0.05, 0.1) is 0 Å². The van der Waals surface area contributed by atoms with Crippen molar-refractivity contribution in [1.82, 2.24) is 0 Å². The van der Waals surface area contributed by atoms with E-state index in [4.69, 9.17) is 0 Å². The predicted molar refractivity (Wildman–Crippen MR) is 171 cm³/mol. The second-order valence-corrected chi connectivity index (χ2v) is 11.2. The quantitative estimate of drug-likeness (QED) is 0.245. The van der Waals surface area contributed by atoms with Crippen LogP contribution in [0.25, 0.3) is 21.9 Å². The molecule has 1 aliphatic rings. The van der Waals surface area contributed by atoms with Crippen LogP contribution in [0.2, 0.25) is 0 Å². The van der Waals surface area contributed by atoms with Gasteiger partial charge in [0, 0.05) is 33.9 Å². The molecule has 0 amide bonds. The van der Waals surface area contributed by atoms with E-state index in [1.54, 1.807) is 0 Å². The Kier molecular flexibility index (Phi) is 5.71. The van der Waals surface area contributed by atoms with Gasteiger partial charge in [-0.25, -0.2) is 0 Å². The summed E-state index contributed by atoms with van der Waals surface area (Å²) in [7, 11) is 0. The van der Waals surface area contributed by atoms with E-state index in [-0.39, 0.29) is 5.41 Å². The second-order valence-electron chi connectivity index (χ2n) is 11.2. The predicted octanol–water partition coefficient (Wildman–Crippen LogP) is 10.7. The summed E-state index contributed by atoms with van der Waals surface area (Å²) >= 11 is 0. The Hall–Kier alpha value is -4.82. The van der Waals surface area contributed by atoms with Gasteiger partial charge in [0.1, 0.15) is 0 Å². The average molecular weight is 517 g/mol. The van der Waals surface area contributed by atoms with Crippen LogP contribution in [0.3, 0.4) is 0 Å². The third-order valence-corrected chi connectivity index (χ3v) is 8.25. The molecule has 0 radical (unpaired) electrons. The van der Waals surface area contributed by atoms with E-state index in [0.717, 1.165) is 28.4 Å². The van der Waals surface area contributed by atoms with Crippen molar-refractivity contribution in [3.63, 3.8) is 0 Å². The number of hydrogen-bond acceptors (Lipinski definition) is 2. The molecule has 0 aromatic heterocycles. The Labute approximate surface area is 236 Å². The van der Waals surface area contributed by atoms with Gasteiger partial charge in [-0.1, -0.05) is 104 Å². The highest BCUT2D eigenvalue weighted by molar-refractivity contribution is 6.03. The summed E-state index contributed by atoms with van der Waals surface area (Å²) in [5, 5.41) is 6.43. The Morgan fingerprint density at radius 1 is 0.600 bits per heavy atom. The largest absolute Gasteiger partial charge is 0.355 e. The summed E-state index contributed by atoms with van der Waals surface area (Å²) in [6.45, 7) is 6.83. The number of rotatable bonds is 5. The maximum absolute atomic E-state index is 3.82. The fourth-order valence-electron chi connectivity index (χ4n) is 6.35. The Bertz CT molecular complexity index is 1850. The minimum atomic E-state index is -0.117. The standard InChI is InChI=1S/C38H32N2/c1-26-19-22-30(23-20-26)40(29-13-5-4-6-14-29)31-15-9-12-28(25-31)39-35-18-10-17-33-36-32-16-8-7-11-27(32)21-24-34(36)38(2,3)37(33)35/h4-25,39H,1-3H3. The zero-order valence-electron chi connectivity index (χ0n) is 23.1. The molecule has 6 aromatic carbocycles. The van der Waals surface area contributed by atoms with Crippen molar-refractivity contribution in [3.05, 3.63) is 150 Å². The molecule has 40 heavy (non-hydrogen) atoms. The number of benzene rings is 6. The zero-order chi connectivity index (χ0) is 27.3. The molecule has 0 aliphatic heterocycles. The summed E-state index contributed by atoms with van der Waals surface area (Å²) in [5.41, 5.74) is 12.2.